The number of halogens is 1. The van der Waals surface area contributed by atoms with Crippen LogP contribution in [0, 0.1) is 0 Å². The monoisotopic (exact) mass is 417 g/mol. The van der Waals surface area contributed by atoms with Crippen LogP contribution in [0.3, 0.4) is 0 Å². The molecule has 0 bridgehead atoms. The second-order valence-corrected chi connectivity index (χ2v) is 6.20. The summed E-state index contributed by atoms with van der Waals surface area (Å²) in [6.07, 6.45) is 0. The Balaban J connectivity index is 0.00000182. The molecule has 0 unspecified atom stereocenters. The van der Waals surface area contributed by atoms with Crippen molar-refractivity contribution < 1.29 is 22.4 Å². The van der Waals surface area contributed by atoms with E-state index in [9.17, 15) is 0 Å². The predicted octanol–water partition coefficient (Wildman–Crippen LogP) is -1.61. The fourth-order valence-corrected chi connectivity index (χ4v) is 3.11. The molecule has 25 heavy (non-hydrogen) atoms. The summed E-state index contributed by atoms with van der Waals surface area (Å²) in [5.74, 6) is 1.16. The predicted molar refractivity (Wildman–Crippen MR) is 97.2 cm³/mol. The van der Waals surface area contributed by atoms with Gasteiger partial charge in [0.05, 0.1) is 5.56 Å². The zero-order valence-corrected chi connectivity index (χ0v) is 15.5. The van der Waals surface area contributed by atoms with Crippen LogP contribution in [0.5, 0.6) is 0 Å². The van der Waals surface area contributed by atoms with Crippen molar-refractivity contribution in [2.24, 2.45) is 5.10 Å². The van der Waals surface area contributed by atoms with Crippen LogP contribution in [0.4, 0.5) is 21.6 Å². The molecule has 0 radical (unpaired) electrons. The molecule has 2 aromatic carbocycles. The number of quaternary nitrogens is 1. The number of hydrazine groups is 1. The van der Waals surface area contributed by atoms with Crippen molar-refractivity contribution in [3.63, 3.8) is 0 Å². The van der Waals surface area contributed by atoms with Gasteiger partial charge in [-0.15, -0.1) is 5.12 Å². The fraction of sp³-hybridized carbons (Fsp3) is 0. The van der Waals surface area contributed by atoms with Gasteiger partial charge in [-0.3, -0.25) is 0 Å². The van der Waals surface area contributed by atoms with Gasteiger partial charge in [0.1, 0.15) is 10.7 Å². The highest BCUT2D eigenvalue weighted by Gasteiger charge is 2.33. The lowest BCUT2D eigenvalue weighted by molar-refractivity contribution is -0.545. The maximum absolute atomic E-state index is 5.87. The van der Waals surface area contributed by atoms with Crippen molar-refractivity contribution in [1.82, 2.24) is 4.98 Å². The molecule has 0 amide bonds. The van der Waals surface area contributed by atoms with Crippen molar-refractivity contribution >= 4 is 38.8 Å². The molecule has 0 saturated carbocycles. The van der Waals surface area contributed by atoms with Crippen molar-refractivity contribution in [2.45, 2.75) is 0 Å². The van der Waals surface area contributed by atoms with Crippen molar-refractivity contribution in [1.29, 1.82) is 0 Å². The molecule has 0 atom stereocenters. The molecule has 2 heterocycles. The number of benzene rings is 2. The number of hydrogen-bond donors (Lipinski definition) is 3. The van der Waals surface area contributed by atoms with E-state index in [4.69, 9.17) is 16.6 Å². The summed E-state index contributed by atoms with van der Waals surface area (Å²) in [6, 6.07) is 19.9. The Labute approximate surface area is 159 Å². The lowest BCUT2D eigenvalue weighted by Crippen LogP contribution is -3.00. The van der Waals surface area contributed by atoms with E-state index in [1.165, 1.54) is 11.3 Å². The molecular weight excluding hydrogens is 402 g/mol. The largest absolute Gasteiger partial charge is 1.00 e. The molecule has 0 spiro atoms. The Morgan fingerprint density at radius 1 is 0.920 bits per heavy atom. The van der Waals surface area contributed by atoms with E-state index in [0.29, 0.717) is 16.0 Å². The third-order valence-electron chi connectivity index (χ3n) is 3.58. The first-order valence-corrected chi connectivity index (χ1v) is 8.19. The summed E-state index contributed by atoms with van der Waals surface area (Å²) in [6.45, 7) is 0. The van der Waals surface area contributed by atoms with Gasteiger partial charge in [-0.05, 0) is 24.3 Å². The summed E-state index contributed by atoms with van der Waals surface area (Å²) in [4.78, 5) is 4.32. The fourth-order valence-electron chi connectivity index (χ4n) is 2.40. The van der Waals surface area contributed by atoms with Gasteiger partial charge in [0.15, 0.2) is 5.82 Å². The van der Waals surface area contributed by atoms with Gasteiger partial charge in [-0.25, -0.2) is 0 Å². The standard InChI is InChI=1S/C16H15N7S.BrH/c17-13-14(18)24-16(19-13)23-21-15(11-7-3-1-4-8-11)20-22(23)12-9-5-2-6-10-12;/h1-10H,17-18H2,(H,20,21);1H. The molecule has 1 aliphatic rings. The van der Waals surface area contributed by atoms with Crippen LogP contribution in [0.15, 0.2) is 65.8 Å². The number of hydrogen-bond acceptors (Lipinski definition) is 7. The third kappa shape index (κ3) is 3.29. The van der Waals surface area contributed by atoms with Gasteiger partial charge < -0.3 is 28.4 Å². The second kappa shape index (κ2) is 7.09. The Morgan fingerprint density at radius 2 is 1.56 bits per heavy atom. The second-order valence-electron chi connectivity index (χ2n) is 5.20. The Kier molecular flexibility index (Phi) is 4.88. The van der Waals surface area contributed by atoms with Crippen molar-refractivity contribution in [3.05, 3.63) is 66.2 Å². The smallest absolute Gasteiger partial charge is 0.277 e. The number of hydrazone groups is 1. The molecule has 3 aromatic rings. The number of nitrogens with zero attached hydrogens (tertiary/aromatic N) is 4. The van der Waals surface area contributed by atoms with E-state index in [0.717, 1.165) is 17.1 Å². The van der Waals surface area contributed by atoms with Gasteiger partial charge >= 0.3 is 0 Å². The minimum Gasteiger partial charge on any atom is -1.00 e. The maximum Gasteiger partial charge on any atom is 0.277 e. The van der Waals surface area contributed by atoms with E-state index >= 15 is 0 Å². The SMILES string of the molecule is Nc1nc(N2N=C(c3ccccc3)[NH2+]N2c2ccccc2)sc1N.[Br-]. The lowest BCUT2D eigenvalue weighted by Gasteiger charge is -2.21. The van der Waals surface area contributed by atoms with Gasteiger partial charge in [0, 0.05) is 0 Å². The highest BCUT2D eigenvalue weighted by atomic mass is 79.9. The van der Waals surface area contributed by atoms with Gasteiger partial charge in [0.25, 0.3) is 5.84 Å². The van der Waals surface area contributed by atoms with Crippen LogP contribution in [0.2, 0.25) is 0 Å². The first-order valence-electron chi connectivity index (χ1n) is 7.37. The van der Waals surface area contributed by atoms with Gasteiger partial charge in [-0.2, -0.15) is 10.4 Å². The number of para-hydroxylation sites is 1. The molecule has 4 rings (SSSR count). The number of nitrogen functional groups attached to an aromatic ring is 2. The minimum absolute atomic E-state index is 0. The van der Waals surface area contributed by atoms with Crippen molar-refractivity contribution in [3.8, 4) is 0 Å². The average molecular weight is 418 g/mol. The van der Waals surface area contributed by atoms with E-state index < -0.39 is 0 Å². The molecule has 0 fully saturated rings. The van der Waals surface area contributed by atoms with E-state index in [-0.39, 0.29) is 17.0 Å². The van der Waals surface area contributed by atoms with Crippen LogP contribution < -0.4 is 44.1 Å². The van der Waals surface area contributed by atoms with E-state index in [1.807, 2.05) is 71.2 Å². The number of anilines is 4. The topological polar surface area (TPSA) is 100 Å². The molecule has 7 nitrogen and oxygen atoms in total. The number of rotatable bonds is 3. The van der Waals surface area contributed by atoms with Crippen LogP contribution in [-0.4, -0.2) is 10.8 Å². The summed E-state index contributed by atoms with van der Waals surface area (Å²) < 4.78 is 0. The number of nitrogens with two attached hydrogens (primary N) is 3. The normalized spacial score (nSPS) is 13.5. The summed E-state index contributed by atoms with van der Waals surface area (Å²) >= 11 is 1.31. The zero-order valence-electron chi connectivity index (χ0n) is 13.1. The molecule has 1 aromatic heterocycles. The molecule has 128 valence electrons. The van der Waals surface area contributed by atoms with Gasteiger partial charge in [0.2, 0.25) is 5.13 Å². The highest BCUT2D eigenvalue weighted by molar-refractivity contribution is 7.19. The molecule has 6 N–H and O–H groups in total. The Morgan fingerprint density at radius 3 is 2.16 bits per heavy atom. The van der Waals surface area contributed by atoms with Crippen LogP contribution in [0.25, 0.3) is 0 Å². The third-order valence-corrected chi connectivity index (χ3v) is 4.45. The first-order chi connectivity index (χ1) is 11.7. The number of aromatic nitrogens is 1. The Bertz CT molecular complexity index is 863. The maximum atomic E-state index is 5.87. The summed E-state index contributed by atoms with van der Waals surface area (Å²) in [5.41, 5.74) is 15.6. The summed E-state index contributed by atoms with van der Waals surface area (Å²) in [5, 5.41) is 9.45. The molecule has 1 aliphatic heterocycles. The molecule has 9 heteroatoms. The van der Waals surface area contributed by atoms with Crippen LogP contribution in [-0.2, 0) is 0 Å². The molecule has 0 aliphatic carbocycles. The molecule has 0 saturated heterocycles. The lowest BCUT2D eigenvalue weighted by atomic mass is 10.2. The minimum atomic E-state index is 0. The summed E-state index contributed by atoms with van der Waals surface area (Å²) in [7, 11) is 0. The van der Waals surface area contributed by atoms with E-state index in [2.05, 4.69) is 4.98 Å². The van der Waals surface area contributed by atoms with Crippen molar-refractivity contribution in [2.75, 3.05) is 21.7 Å². The average Bonchev–Trinajstić information content (AvgIpc) is 3.21. The zero-order chi connectivity index (χ0) is 16.5. The highest BCUT2D eigenvalue weighted by Crippen LogP contribution is 2.32. The van der Waals surface area contributed by atoms with Gasteiger partial charge in [-0.1, -0.05) is 58.0 Å². The van der Waals surface area contributed by atoms with Crippen LogP contribution in [0.1, 0.15) is 5.56 Å². The van der Waals surface area contributed by atoms with Crippen LogP contribution >= 0.6 is 11.3 Å². The van der Waals surface area contributed by atoms with E-state index in [1.54, 1.807) is 5.12 Å². The quantitative estimate of drug-likeness (QED) is 0.445. The number of amidine groups is 1. The Hall–Kier alpha value is -2.62. The molecular formula is C16H16BrN7S. The number of thiazole rings is 1. The first kappa shape index (κ1) is 17.2.